The van der Waals surface area contributed by atoms with Crippen molar-refractivity contribution in [2.45, 2.75) is 50.6 Å². The Labute approximate surface area is 142 Å². The van der Waals surface area contributed by atoms with Crippen LogP contribution in [0.5, 0.6) is 0 Å². The van der Waals surface area contributed by atoms with Crippen LogP contribution in [0.25, 0.3) is 0 Å². The van der Waals surface area contributed by atoms with E-state index in [1.807, 2.05) is 28.7 Å². The highest BCUT2D eigenvalue weighted by atomic mass is 16.2. The number of aromatic nitrogens is 2. The van der Waals surface area contributed by atoms with Gasteiger partial charge in [0.2, 0.25) is 0 Å². The molecular weight excluding hydrogens is 300 g/mol. The van der Waals surface area contributed by atoms with Crippen LogP contribution in [0, 0.1) is 0 Å². The van der Waals surface area contributed by atoms with E-state index in [1.165, 1.54) is 31.2 Å². The van der Waals surface area contributed by atoms with Crippen LogP contribution in [-0.4, -0.2) is 28.2 Å². The molecule has 0 bridgehead atoms. The van der Waals surface area contributed by atoms with Gasteiger partial charge >= 0.3 is 6.03 Å². The van der Waals surface area contributed by atoms with Gasteiger partial charge in [0.15, 0.2) is 0 Å². The van der Waals surface area contributed by atoms with Crippen LogP contribution in [0.2, 0.25) is 0 Å². The molecule has 5 heteroatoms. The van der Waals surface area contributed by atoms with Gasteiger partial charge in [0.1, 0.15) is 0 Å². The number of carbonyl (C=O) groups excluding carboxylic acids is 1. The number of urea groups is 1. The molecule has 1 atom stereocenters. The summed E-state index contributed by atoms with van der Waals surface area (Å²) in [6.45, 7) is 3.58. The molecule has 1 saturated carbocycles. The van der Waals surface area contributed by atoms with Crippen molar-refractivity contribution in [3.05, 3.63) is 48.5 Å². The van der Waals surface area contributed by atoms with Gasteiger partial charge < -0.3 is 9.88 Å². The average molecular weight is 324 g/mol. The largest absolute Gasteiger partial charge is 0.335 e. The van der Waals surface area contributed by atoms with Gasteiger partial charge in [-0.15, -0.1) is 0 Å². The van der Waals surface area contributed by atoms with Crippen LogP contribution in [0.3, 0.4) is 0 Å². The number of fused-ring (bicyclic) bond motifs is 2. The summed E-state index contributed by atoms with van der Waals surface area (Å²) in [5, 5.41) is 3.15. The van der Waals surface area contributed by atoms with Gasteiger partial charge in [-0.2, -0.15) is 0 Å². The van der Waals surface area contributed by atoms with Gasteiger partial charge in [0.25, 0.3) is 0 Å². The first kappa shape index (κ1) is 15.2. The second kappa shape index (κ2) is 5.96. The molecule has 1 fully saturated rings. The van der Waals surface area contributed by atoms with Crippen molar-refractivity contribution >= 4 is 11.7 Å². The van der Waals surface area contributed by atoms with E-state index in [2.05, 4.69) is 28.5 Å². The van der Waals surface area contributed by atoms with Gasteiger partial charge in [-0.1, -0.05) is 31.0 Å². The van der Waals surface area contributed by atoms with Crippen molar-refractivity contribution in [3.8, 4) is 0 Å². The fraction of sp³-hybridized carbons (Fsp3) is 0.474. The Morgan fingerprint density at radius 3 is 2.88 bits per heavy atom. The minimum atomic E-state index is 0.0128. The molecule has 0 unspecified atom stereocenters. The van der Waals surface area contributed by atoms with E-state index in [1.54, 1.807) is 12.5 Å². The van der Waals surface area contributed by atoms with Gasteiger partial charge in [-0.3, -0.25) is 4.90 Å². The van der Waals surface area contributed by atoms with E-state index < -0.39 is 0 Å². The molecule has 1 aliphatic carbocycles. The molecule has 1 aromatic heterocycles. The predicted molar refractivity (Wildman–Crippen MR) is 94.2 cm³/mol. The summed E-state index contributed by atoms with van der Waals surface area (Å²) in [6.07, 6.45) is 10.4. The number of hydrogen-bond donors (Lipinski definition) is 1. The highest BCUT2D eigenvalue weighted by Gasteiger charge is 2.46. The third kappa shape index (κ3) is 2.58. The molecular formula is C19H24N4O. The molecule has 2 amide bonds. The van der Waals surface area contributed by atoms with Crippen LogP contribution in [0.4, 0.5) is 10.5 Å². The first-order valence-corrected chi connectivity index (χ1v) is 8.81. The highest BCUT2D eigenvalue weighted by Crippen LogP contribution is 2.50. The first-order chi connectivity index (χ1) is 11.7. The van der Waals surface area contributed by atoms with E-state index in [4.69, 9.17) is 0 Å². The number of rotatable bonds is 3. The van der Waals surface area contributed by atoms with Crippen molar-refractivity contribution < 1.29 is 4.79 Å². The quantitative estimate of drug-likeness (QED) is 0.941. The monoisotopic (exact) mass is 324 g/mol. The van der Waals surface area contributed by atoms with Gasteiger partial charge in [-0.05, 0) is 31.4 Å². The zero-order chi connectivity index (χ0) is 16.6. The molecule has 126 valence electrons. The third-order valence-electron chi connectivity index (χ3n) is 5.45. The number of carbonyl (C=O) groups is 1. The molecule has 1 aromatic carbocycles. The molecule has 5 nitrogen and oxygen atoms in total. The van der Waals surface area contributed by atoms with Crippen molar-refractivity contribution in [2.24, 2.45) is 0 Å². The smallest absolute Gasteiger partial charge is 0.322 e. The molecule has 1 aliphatic heterocycles. The lowest BCUT2D eigenvalue weighted by atomic mass is 9.81. The Kier molecular flexibility index (Phi) is 3.79. The lowest BCUT2D eigenvalue weighted by Crippen LogP contribution is -2.46. The minimum absolute atomic E-state index is 0.0128. The summed E-state index contributed by atoms with van der Waals surface area (Å²) in [5.41, 5.74) is 2.63. The molecule has 4 rings (SSSR count). The van der Waals surface area contributed by atoms with Crippen LogP contribution >= 0.6 is 0 Å². The van der Waals surface area contributed by atoms with Crippen LogP contribution in [0.1, 0.15) is 38.2 Å². The zero-order valence-corrected chi connectivity index (χ0v) is 14.1. The number of nitrogens with one attached hydrogen (secondary N) is 1. The molecule has 2 heterocycles. The van der Waals surface area contributed by atoms with Crippen LogP contribution in [0.15, 0.2) is 43.0 Å². The predicted octanol–water partition coefficient (Wildman–Crippen LogP) is 3.31. The number of amides is 2. The maximum absolute atomic E-state index is 12.9. The Balaban J connectivity index is 1.51. The number of benzene rings is 1. The minimum Gasteiger partial charge on any atom is -0.335 e. The second-order valence-corrected chi connectivity index (χ2v) is 7.20. The van der Waals surface area contributed by atoms with Crippen LogP contribution in [-0.2, 0) is 12.0 Å². The van der Waals surface area contributed by atoms with Crippen molar-refractivity contribution in [3.63, 3.8) is 0 Å². The highest BCUT2D eigenvalue weighted by molar-refractivity contribution is 5.95. The molecule has 1 N–H and O–H groups in total. The summed E-state index contributed by atoms with van der Waals surface area (Å²) < 4.78 is 1.99. The third-order valence-corrected chi connectivity index (χ3v) is 5.45. The Morgan fingerprint density at radius 1 is 1.33 bits per heavy atom. The van der Waals surface area contributed by atoms with E-state index in [0.717, 1.165) is 18.8 Å². The zero-order valence-electron chi connectivity index (χ0n) is 14.1. The van der Waals surface area contributed by atoms with Crippen molar-refractivity contribution in [1.82, 2.24) is 14.9 Å². The Morgan fingerprint density at radius 2 is 2.12 bits per heavy atom. The maximum atomic E-state index is 12.9. The van der Waals surface area contributed by atoms with Gasteiger partial charge in [0, 0.05) is 42.6 Å². The first-order valence-electron chi connectivity index (χ1n) is 8.81. The summed E-state index contributed by atoms with van der Waals surface area (Å²) in [7, 11) is 0. The molecule has 2 aliphatic rings. The second-order valence-electron chi connectivity index (χ2n) is 7.20. The van der Waals surface area contributed by atoms with Gasteiger partial charge in [-0.25, -0.2) is 9.78 Å². The number of para-hydroxylation sites is 1. The SMILES string of the molecule is C[C@H](Cn1ccnc1)NC(=O)N1CC2(CCCC2)c2ccccc21. The van der Waals surface area contributed by atoms with Crippen molar-refractivity contribution in [1.29, 1.82) is 0 Å². The van der Waals surface area contributed by atoms with E-state index in [0.29, 0.717) is 0 Å². The summed E-state index contributed by atoms with van der Waals surface area (Å²) in [6, 6.07) is 8.49. The lowest BCUT2D eigenvalue weighted by Gasteiger charge is -2.26. The summed E-state index contributed by atoms with van der Waals surface area (Å²) in [5.74, 6) is 0. The number of imidazole rings is 1. The summed E-state index contributed by atoms with van der Waals surface area (Å²) in [4.78, 5) is 18.9. The molecule has 24 heavy (non-hydrogen) atoms. The topological polar surface area (TPSA) is 50.2 Å². The molecule has 0 saturated heterocycles. The fourth-order valence-electron chi connectivity index (χ4n) is 4.34. The molecule has 0 radical (unpaired) electrons. The number of anilines is 1. The van der Waals surface area contributed by atoms with Crippen molar-refractivity contribution in [2.75, 3.05) is 11.4 Å². The average Bonchev–Trinajstić information content (AvgIpc) is 3.30. The Hall–Kier alpha value is -2.30. The molecule has 1 spiro atoms. The van der Waals surface area contributed by atoms with Crippen LogP contribution < -0.4 is 10.2 Å². The normalized spacial score (nSPS) is 19.5. The van der Waals surface area contributed by atoms with E-state index in [9.17, 15) is 4.79 Å². The number of hydrogen-bond acceptors (Lipinski definition) is 2. The standard InChI is InChI=1S/C19H24N4O/c1-15(12-22-11-10-20-14-22)21-18(24)23-13-19(8-4-5-9-19)16-6-2-3-7-17(16)23/h2-3,6-7,10-11,14-15H,4-5,8-9,12-13H2,1H3,(H,21,24)/t15-/m1/s1. The summed E-state index contributed by atoms with van der Waals surface area (Å²) >= 11 is 0. The van der Waals surface area contributed by atoms with Gasteiger partial charge in [0.05, 0.1) is 6.33 Å². The van der Waals surface area contributed by atoms with E-state index >= 15 is 0 Å². The lowest BCUT2D eigenvalue weighted by molar-refractivity contribution is 0.241. The Bertz CT molecular complexity index is 719. The van der Waals surface area contributed by atoms with E-state index in [-0.39, 0.29) is 17.5 Å². The molecule has 2 aromatic rings. The maximum Gasteiger partial charge on any atom is 0.322 e. The number of nitrogens with zero attached hydrogens (tertiary/aromatic N) is 3. The fourth-order valence-corrected chi connectivity index (χ4v) is 4.34.